The number of urea groups is 1. The first-order valence-corrected chi connectivity index (χ1v) is 6.07. The van der Waals surface area contributed by atoms with E-state index in [9.17, 15) is 14.0 Å². The van der Waals surface area contributed by atoms with Crippen LogP contribution in [0, 0.1) is 5.82 Å². The Morgan fingerprint density at radius 1 is 1.25 bits per heavy atom. The lowest BCUT2D eigenvalue weighted by molar-refractivity contribution is -0.140. The van der Waals surface area contributed by atoms with E-state index >= 15 is 0 Å². The molecule has 0 saturated carbocycles. The maximum Gasteiger partial charge on any atom is 0.328 e. The monoisotopic (exact) mass is 284 g/mol. The van der Waals surface area contributed by atoms with Crippen LogP contribution < -0.4 is 10.6 Å². The Morgan fingerprint density at radius 2 is 1.85 bits per heavy atom. The molecule has 0 saturated heterocycles. The zero-order valence-electron chi connectivity index (χ0n) is 11.0. The molecule has 0 fully saturated rings. The highest BCUT2D eigenvalue weighted by Gasteiger charge is 2.19. The summed E-state index contributed by atoms with van der Waals surface area (Å²) in [5.74, 6) is -1.65. The number of aliphatic hydroxyl groups excluding tert-OH is 1. The Hall–Kier alpha value is -2.15. The van der Waals surface area contributed by atoms with E-state index in [0.29, 0.717) is 6.42 Å². The van der Waals surface area contributed by atoms with Crippen LogP contribution in [0.25, 0.3) is 0 Å². The van der Waals surface area contributed by atoms with E-state index in [1.807, 2.05) is 0 Å². The molecule has 7 heteroatoms. The Bertz CT molecular complexity index is 464. The number of nitrogens with one attached hydrogen (secondary N) is 2. The second-order valence-electron chi connectivity index (χ2n) is 4.42. The highest BCUT2D eigenvalue weighted by Crippen LogP contribution is 2.05. The molecule has 2 atom stereocenters. The van der Waals surface area contributed by atoms with Gasteiger partial charge in [0.25, 0.3) is 0 Å². The Kier molecular flexibility index (Phi) is 5.92. The zero-order valence-corrected chi connectivity index (χ0v) is 11.0. The largest absolute Gasteiger partial charge is 0.480 e. The van der Waals surface area contributed by atoms with Crippen LogP contribution in [0.2, 0.25) is 0 Å². The molecule has 0 radical (unpaired) electrons. The number of rotatable bonds is 6. The lowest BCUT2D eigenvalue weighted by Gasteiger charge is -2.17. The molecule has 0 spiro atoms. The fraction of sp³-hybridized carbons (Fsp3) is 0.385. The molecule has 0 heterocycles. The summed E-state index contributed by atoms with van der Waals surface area (Å²) >= 11 is 0. The summed E-state index contributed by atoms with van der Waals surface area (Å²) in [6, 6.07) is 3.59. The van der Waals surface area contributed by atoms with Crippen LogP contribution in [0.5, 0.6) is 0 Å². The van der Waals surface area contributed by atoms with Gasteiger partial charge in [-0.25, -0.2) is 14.0 Å². The molecule has 1 aromatic carbocycles. The maximum atomic E-state index is 12.7. The van der Waals surface area contributed by atoms with Crippen molar-refractivity contribution in [2.45, 2.75) is 25.4 Å². The molecule has 0 aromatic heterocycles. The predicted octanol–water partition coefficient (Wildman–Crippen LogP) is 0.501. The number of aliphatic hydroxyl groups is 1. The van der Waals surface area contributed by atoms with Crippen LogP contribution in [0.15, 0.2) is 24.3 Å². The van der Waals surface area contributed by atoms with Crippen molar-refractivity contribution in [3.05, 3.63) is 35.6 Å². The highest BCUT2D eigenvalue weighted by molar-refractivity contribution is 5.82. The number of benzene rings is 1. The number of hydrogen-bond acceptors (Lipinski definition) is 3. The topological polar surface area (TPSA) is 98.7 Å². The van der Waals surface area contributed by atoms with Crippen molar-refractivity contribution in [1.29, 1.82) is 0 Å². The maximum absolute atomic E-state index is 12.7. The van der Waals surface area contributed by atoms with E-state index < -0.39 is 24.6 Å². The third kappa shape index (κ3) is 5.23. The minimum atomic E-state index is -1.34. The van der Waals surface area contributed by atoms with E-state index in [0.717, 1.165) is 5.56 Å². The fourth-order valence-corrected chi connectivity index (χ4v) is 1.63. The summed E-state index contributed by atoms with van der Waals surface area (Å²) in [5.41, 5.74) is 0.844. The third-order valence-corrected chi connectivity index (χ3v) is 2.62. The molecule has 1 aromatic rings. The van der Waals surface area contributed by atoms with Gasteiger partial charge < -0.3 is 20.8 Å². The molecule has 0 aliphatic heterocycles. The number of aliphatic carboxylic acids is 1. The van der Waals surface area contributed by atoms with Crippen LogP contribution in [0.4, 0.5) is 9.18 Å². The Labute approximate surface area is 115 Å². The van der Waals surface area contributed by atoms with Gasteiger partial charge in [-0.05, 0) is 31.0 Å². The van der Waals surface area contributed by atoms with Crippen LogP contribution in [-0.4, -0.2) is 40.9 Å². The lowest BCUT2D eigenvalue weighted by atomic mass is 10.1. The van der Waals surface area contributed by atoms with Crippen molar-refractivity contribution in [3.8, 4) is 0 Å². The molecule has 20 heavy (non-hydrogen) atoms. The van der Waals surface area contributed by atoms with Crippen LogP contribution in [0.1, 0.15) is 12.5 Å². The Balaban J connectivity index is 2.45. The smallest absolute Gasteiger partial charge is 0.328 e. The van der Waals surface area contributed by atoms with Gasteiger partial charge in [-0.1, -0.05) is 12.1 Å². The number of carboxylic acids is 1. The van der Waals surface area contributed by atoms with E-state index in [1.54, 1.807) is 19.1 Å². The first kappa shape index (κ1) is 15.9. The van der Waals surface area contributed by atoms with Crippen molar-refractivity contribution >= 4 is 12.0 Å². The van der Waals surface area contributed by atoms with Crippen molar-refractivity contribution in [2.24, 2.45) is 0 Å². The van der Waals surface area contributed by atoms with Crippen LogP contribution in [0.3, 0.4) is 0 Å². The molecule has 110 valence electrons. The van der Waals surface area contributed by atoms with E-state index in [1.165, 1.54) is 12.1 Å². The predicted molar refractivity (Wildman–Crippen MR) is 69.7 cm³/mol. The molecule has 6 nitrogen and oxygen atoms in total. The van der Waals surface area contributed by atoms with Gasteiger partial charge in [-0.2, -0.15) is 0 Å². The van der Waals surface area contributed by atoms with Gasteiger partial charge in [0.1, 0.15) is 5.82 Å². The van der Waals surface area contributed by atoms with Crippen molar-refractivity contribution in [2.75, 3.05) is 6.61 Å². The molecule has 2 amide bonds. The number of carbonyl (C=O) groups excluding carboxylic acids is 1. The van der Waals surface area contributed by atoms with Crippen LogP contribution in [-0.2, 0) is 11.2 Å². The van der Waals surface area contributed by atoms with Gasteiger partial charge in [0.2, 0.25) is 0 Å². The first-order valence-electron chi connectivity index (χ1n) is 6.07. The number of amides is 2. The summed E-state index contributed by atoms with van der Waals surface area (Å²) in [5, 5.41) is 22.1. The normalized spacial score (nSPS) is 13.3. The van der Waals surface area contributed by atoms with Crippen molar-refractivity contribution in [1.82, 2.24) is 10.6 Å². The number of halogens is 1. The van der Waals surface area contributed by atoms with Gasteiger partial charge in [-0.3, -0.25) is 0 Å². The lowest BCUT2D eigenvalue weighted by Crippen LogP contribution is -2.50. The van der Waals surface area contributed by atoms with Crippen LogP contribution >= 0.6 is 0 Å². The van der Waals surface area contributed by atoms with Crippen molar-refractivity contribution in [3.63, 3.8) is 0 Å². The zero-order chi connectivity index (χ0) is 15.1. The average Bonchev–Trinajstić information content (AvgIpc) is 2.38. The van der Waals surface area contributed by atoms with E-state index in [2.05, 4.69) is 10.6 Å². The van der Waals surface area contributed by atoms with E-state index in [-0.39, 0.29) is 11.9 Å². The summed E-state index contributed by atoms with van der Waals surface area (Å²) in [7, 11) is 0. The SMILES string of the molecule is CC(Cc1ccc(F)cc1)NC(=O)NC(CO)C(=O)O. The number of hydrogen-bond donors (Lipinski definition) is 4. The van der Waals surface area contributed by atoms with Gasteiger partial charge in [0.05, 0.1) is 6.61 Å². The summed E-state index contributed by atoms with van der Waals surface area (Å²) < 4.78 is 12.7. The average molecular weight is 284 g/mol. The molecule has 0 aliphatic rings. The molecular weight excluding hydrogens is 267 g/mol. The summed E-state index contributed by atoms with van der Waals surface area (Å²) in [6.45, 7) is 1.05. The van der Waals surface area contributed by atoms with Gasteiger partial charge in [0.15, 0.2) is 6.04 Å². The molecule has 0 aliphatic carbocycles. The first-order chi connectivity index (χ1) is 9.42. The van der Waals surface area contributed by atoms with E-state index in [4.69, 9.17) is 10.2 Å². The third-order valence-electron chi connectivity index (χ3n) is 2.62. The minimum Gasteiger partial charge on any atom is -0.480 e. The molecule has 1 rings (SSSR count). The number of carboxylic acid groups (broad SMARTS) is 1. The fourth-order valence-electron chi connectivity index (χ4n) is 1.63. The second kappa shape index (κ2) is 7.44. The molecule has 2 unspecified atom stereocenters. The second-order valence-corrected chi connectivity index (χ2v) is 4.42. The highest BCUT2D eigenvalue weighted by atomic mass is 19.1. The minimum absolute atomic E-state index is 0.270. The summed E-state index contributed by atoms with van der Waals surface area (Å²) in [6.07, 6.45) is 0.477. The van der Waals surface area contributed by atoms with Gasteiger partial charge in [-0.15, -0.1) is 0 Å². The molecule has 0 bridgehead atoms. The van der Waals surface area contributed by atoms with Gasteiger partial charge in [0, 0.05) is 6.04 Å². The standard InChI is InChI=1S/C13H17FN2O4/c1-8(6-9-2-4-10(14)5-3-9)15-13(20)16-11(7-17)12(18)19/h2-5,8,11,17H,6-7H2,1H3,(H,18,19)(H2,15,16,20). The van der Waals surface area contributed by atoms with Crippen molar-refractivity contribution < 1.29 is 24.2 Å². The number of carbonyl (C=O) groups is 2. The van der Waals surface area contributed by atoms with Gasteiger partial charge >= 0.3 is 12.0 Å². The molecule has 4 N–H and O–H groups in total. The Morgan fingerprint density at radius 3 is 2.35 bits per heavy atom. The molecular formula is C13H17FN2O4. The summed E-state index contributed by atoms with van der Waals surface area (Å²) in [4.78, 5) is 22.2. The quantitative estimate of drug-likeness (QED) is 0.611.